The molecule has 0 aromatic heterocycles. The van der Waals surface area contributed by atoms with Crippen LogP contribution in [0.25, 0.3) is 5.53 Å². The molecule has 0 amide bonds. The van der Waals surface area contributed by atoms with Crippen molar-refractivity contribution in [3.63, 3.8) is 0 Å². The number of Topliss-reactive ketones (excluding diaryl/α,β-unsaturated/α-hetero) is 1. The minimum Gasteiger partial charge on any atom is -0.360 e. The van der Waals surface area contributed by atoms with Crippen LogP contribution in [-0.4, -0.2) is 24.0 Å². The average Bonchev–Trinajstić information content (AvgIpc) is 2.49. The fourth-order valence-corrected chi connectivity index (χ4v) is 3.92. The summed E-state index contributed by atoms with van der Waals surface area (Å²) in [6.07, 6.45) is 3.06. The first-order chi connectivity index (χ1) is 9.96. The highest BCUT2D eigenvalue weighted by Crippen LogP contribution is 2.30. The number of hydrogen-bond acceptors (Lipinski definition) is 3. The summed E-state index contributed by atoms with van der Waals surface area (Å²) < 4.78 is 24.8. The standard InChI is InChI=1S/C15H18N2O3S/c1-11-7-9-12(10-8-11)14(18)15(17-16)21(19,20)13-5-3-2-4-6-13/h2-6,11-12H,7-10H2,1H3. The first-order valence-corrected chi connectivity index (χ1v) is 8.51. The second-order valence-corrected chi connectivity index (χ2v) is 7.41. The van der Waals surface area contributed by atoms with Crippen LogP contribution in [0.5, 0.6) is 0 Å². The van der Waals surface area contributed by atoms with E-state index in [0.29, 0.717) is 18.8 Å². The smallest absolute Gasteiger partial charge is 0.360 e. The van der Waals surface area contributed by atoms with Crippen molar-refractivity contribution in [1.29, 1.82) is 0 Å². The molecule has 1 fully saturated rings. The summed E-state index contributed by atoms with van der Waals surface area (Å²) in [6.45, 7) is 2.11. The molecule has 0 unspecified atom stereocenters. The molecule has 1 saturated carbocycles. The molecule has 0 heterocycles. The van der Waals surface area contributed by atoms with Crippen molar-refractivity contribution < 1.29 is 18.0 Å². The highest BCUT2D eigenvalue weighted by Gasteiger charge is 2.41. The van der Waals surface area contributed by atoms with Crippen molar-refractivity contribution in [2.24, 2.45) is 11.8 Å². The lowest BCUT2D eigenvalue weighted by Crippen LogP contribution is -2.33. The quantitative estimate of drug-likeness (QED) is 0.372. The molecule has 1 aromatic rings. The SMILES string of the molecule is CC1CCC(C(=O)C(=[N+]=[N-])S(=O)(=O)c2ccccc2)CC1. The lowest BCUT2D eigenvalue weighted by molar-refractivity contribution is -0.121. The van der Waals surface area contributed by atoms with Crippen LogP contribution < -0.4 is 0 Å². The molecule has 0 radical (unpaired) electrons. The monoisotopic (exact) mass is 306 g/mol. The summed E-state index contributed by atoms with van der Waals surface area (Å²) in [6, 6.07) is 7.58. The van der Waals surface area contributed by atoms with Crippen molar-refractivity contribution in [3.8, 4) is 0 Å². The Kier molecular flexibility index (Phi) is 4.70. The van der Waals surface area contributed by atoms with Crippen LogP contribution in [0.4, 0.5) is 0 Å². The Balaban J connectivity index is 2.28. The minimum atomic E-state index is -4.06. The number of sulfone groups is 1. The summed E-state index contributed by atoms with van der Waals surface area (Å²) in [5.74, 6) is -0.395. The summed E-state index contributed by atoms with van der Waals surface area (Å²) >= 11 is 0. The van der Waals surface area contributed by atoms with Gasteiger partial charge in [-0.1, -0.05) is 38.0 Å². The van der Waals surface area contributed by atoms with Crippen LogP contribution in [0.3, 0.4) is 0 Å². The van der Waals surface area contributed by atoms with Crippen LogP contribution in [0.15, 0.2) is 35.2 Å². The molecule has 112 valence electrons. The highest BCUT2D eigenvalue weighted by molar-refractivity contribution is 8.08. The van der Waals surface area contributed by atoms with Crippen molar-refractivity contribution in [2.45, 2.75) is 37.5 Å². The van der Waals surface area contributed by atoms with E-state index in [1.54, 1.807) is 18.2 Å². The lowest BCUT2D eigenvalue weighted by Gasteiger charge is -2.23. The van der Waals surface area contributed by atoms with Gasteiger partial charge in [0.1, 0.15) is 0 Å². The Hall–Kier alpha value is -1.78. The normalized spacial score (nSPS) is 22.3. The predicted octanol–water partition coefficient (Wildman–Crippen LogP) is 2.48. The van der Waals surface area contributed by atoms with Crippen molar-refractivity contribution >= 4 is 20.7 Å². The summed E-state index contributed by atoms with van der Waals surface area (Å²) in [4.78, 5) is 15.2. The maximum absolute atomic E-state index is 12.4. The van der Waals surface area contributed by atoms with Gasteiger partial charge in [-0.25, -0.2) is 8.42 Å². The molecule has 1 aliphatic carbocycles. The largest absolute Gasteiger partial charge is 0.452 e. The Bertz CT molecular complexity index is 668. The maximum Gasteiger partial charge on any atom is 0.452 e. The number of hydrogen-bond donors (Lipinski definition) is 0. The van der Waals surface area contributed by atoms with E-state index in [9.17, 15) is 13.2 Å². The molecule has 0 bridgehead atoms. The second kappa shape index (κ2) is 6.33. The van der Waals surface area contributed by atoms with Gasteiger partial charge in [-0.05, 0) is 30.9 Å². The molecule has 0 aliphatic heterocycles. The molecule has 5 nitrogen and oxygen atoms in total. The van der Waals surface area contributed by atoms with E-state index in [1.165, 1.54) is 12.1 Å². The number of carbonyl (C=O) groups excluding carboxylic acids is 1. The van der Waals surface area contributed by atoms with E-state index < -0.39 is 20.7 Å². The summed E-state index contributed by atoms with van der Waals surface area (Å²) in [5.41, 5.74) is 9.06. The van der Waals surface area contributed by atoms with Gasteiger partial charge < -0.3 is 5.53 Å². The molecule has 0 N–H and O–H groups in total. The van der Waals surface area contributed by atoms with Crippen LogP contribution in [0.2, 0.25) is 0 Å². The Morgan fingerprint density at radius 1 is 1.14 bits per heavy atom. The topological polar surface area (TPSA) is 87.6 Å². The molecule has 21 heavy (non-hydrogen) atoms. The Morgan fingerprint density at radius 3 is 2.24 bits per heavy atom. The molecular formula is C15H18N2O3S. The van der Waals surface area contributed by atoms with Gasteiger partial charge in [0.15, 0.2) is 0 Å². The predicted molar refractivity (Wildman–Crippen MR) is 78.4 cm³/mol. The van der Waals surface area contributed by atoms with Crippen LogP contribution >= 0.6 is 0 Å². The third-order valence-electron chi connectivity index (χ3n) is 4.00. The number of ketones is 1. The molecule has 0 atom stereocenters. The zero-order valence-corrected chi connectivity index (χ0v) is 12.7. The first-order valence-electron chi connectivity index (χ1n) is 7.03. The van der Waals surface area contributed by atoms with Gasteiger partial charge in [0.25, 0.3) is 15.6 Å². The molecule has 0 saturated heterocycles. The van der Waals surface area contributed by atoms with Crippen molar-refractivity contribution in [1.82, 2.24) is 0 Å². The minimum absolute atomic E-state index is 0.0321. The zero-order valence-electron chi connectivity index (χ0n) is 11.9. The molecule has 2 rings (SSSR count). The summed E-state index contributed by atoms with van der Waals surface area (Å²) in [5, 5.41) is -0.742. The van der Waals surface area contributed by atoms with Crippen LogP contribution in [0, 0.1) is 11.8 Å². The highest BCUT2D eigenvalue weighted by atomic mass is 32.2. The summed E-state index contributed by atoms with van der Waals surface area (Å²) in [7, 11) is -4.06. The molecule has 1 aromatic carbocycles. The van der Waals surface area contributed by atoms with Gasteiger partial charge in [0, 0.05) is 5.92 Å². The average molecular weight is 306 g/mol. The molecular weight excluding hydrogens is 288 g/mol. The van der Waals surface area contributed by atoms with Crippen molar-refractivity contribution in [2.75, 3.05) is 0 Å². The fraction of sp³-hybridized carbons (Fsp3) is 0.467. The maximum atomic E-state index is 12.4. The first kappa shape index (κ1) is 15.6. The van der Waals surface area contributed by atoms with E-state index in [4.69, 9.17) is 5.53 Å². The fourth-order valence-electron chi connectivity index (χ4n) is 2.64. The van der Waals surface area contributed by atoms with Crippen LogP contribution in [0.1, 0.15) is 32.6 Å². The third-order valence-corrected chi connectivity index (χ3v) is 5.68. The van der Waals surface area contributed by atoms with E-state index in [2.05, 4.69) is 11.7 Å². The van der Waals surface area contributed by atoms with E-state index in [0.717, 1.165) is 12.8 Å². The zero-order chi connectivity index (χ0) is 15.5. The number of nitrogens with zero attached hydrogens (tertiary/aromatic N) is 2. The van der Waals surface area contributed by atoms with Gasteiger partial charge in [-0.3, -0.25) is 4.79 Å². The Labute approximate surface area is 124 Å². The second-order valence-electron chi connectivity index (χ2n) is 5.54. The molecule has 1 aliphatic rings. The van der Waals surface area contributed by atoms with E-state index >= 15 is 0 Å². The molecule has 6 heteroatoms. The molecule has 0 spiro atoms. The lowest BCUT2D eigenvalue weighted by atomic mass is 9.81. The van der Waals surface area contributed by atoms with Gasteiger partial charge >= 0.3 is 5.04 Å². The number of benzene rings is 1. The van der Waals surface area contributed by atoms with E-state index in [-0.39, 0.29) is 10.8 Å². The van der Waals surface area contributed by atoms with Gasteiger partial charge in [0.2, 0.25) is 0 Å². The van der Waals surface area contributed by atoms with Gasteiger partial charge in [0.05, 0.1) is 4.90 Å². The third kappa shape index (κ3) is 3.28. The Morgan fingerprint density at radius 2 is 1.71 bits per heavy atom. The van der Waals surface area contributed by atoms with E-state index in [1.807, 2.05) is 0 Å². The van der Waals surface area contributed by atoms with Crippen molar-refractivity contribution in [3.05, 3.63) is 35.9 Å². The van der Waals surface area contributed by atoms with Gasteiger partial charge in [-0.2, -0.15) is 0 Å². The van der Waals surface area contributed by atoms with Crippen LogP contribution in [-0.2, 0) is 14.6 Å². The van der Waals surface area contributed by atoms with Gasteiger partial charge in [-0.15, -0.1) is 4.79 Å². The number of rotatable bonds is 3. The number of carbonyl (C=O) groups is 1.